The third-order valence-electron chi connectivity index (χ3n) is 7.16. The van der Waals surface area contributed by atoms with Gasteiger partial charge in [-0.15, -0.1) is 0 Å². The molecule has 8 heteroatoms. The smallest absolute Gasteiger partial charge is 0.255 e. The second-order valence-electron chi connectivity index (χ2n) is 8.85. The number of piperidine rings is 1. The molecule has 2 unspecified atom stereocenters. The van der Waals surface area contributed by atoms with Crippen LogP contribution in [-0.2, 0) is 22.1 Å². The van der Waals surface area contributed by atoms with Gasteiger partial charge in [0.2, 0.25) is 5.91 Å². The number of rotatable bonds is 2. The van der Waals surface area contributed by atoms with E-state index in [0.29, 0.717) is 44.7 Å². The van der Waals surface area contributed by atoms with Crippen LogP contribution in [0.3, 0.4) is 0 Å². The number of aliphatic hydroxyl groups is 1. The van der Waals surface area contributed by atoms with Gasteiger partial charge in [-0.2, -0.15) is 0 Å². The first-order chi connectivity index (χ1) is 14.4. The van der Waals surface area contributed by atoms with E-state index in [4.69, 9.17) is 0 Å². The van der Waals surface area contributed by atoms with Gasteiger partial charge in [0.05, 0.1) is 0 Å². The van der Waals surface area contributed by atoms with Gasteiger partial charge in [0.15, 0.2) is 0 Å². The highest BCUT2D eigenvalue weighted by Gasteiger charge is 2.62. The lowest BCUT2D eigenvalue weighted by Gasteiger charge is -2.40. The van der Waals surface area contributed by atoms with Crippen LogP contribution in [0.2, 0.25) is 0 Å². The fourth-order valence-electron chi connectivity index (χ4n) is 5.37. The maximum absolute atomic E-state index is 13.7. The Hall–Kier alpha value is -2.71. The fourth-order valence-corrected chi connectivity index (χ4v) is 5.37. The van der Waals surface area contributed by atoms with E-state index in [9.17, 15) is 14.7 Å². The number of imidazole rings is 1. The number of carbonyl (C=O) groups excluding carboxylic acids is 2. The van der Waals surface area contributed by atoms with Crippen molar-refractivity contribution in [2.75, 3.05) is 32.0 Å². The lowest BCUT2D eigenvalue weighted by atomic mass is 9.74. The van der Waals surface area contributed by atoms with Crippen molar-refractivity contribution in [2.24, 2.45) is 7.05 Å². The molecule has 0 saturated carbocycles. The van der Waals surface area contributed by atoms with Gasteiger partial charge in [-0.05, 0) is 37.9 Å². The predicted octanol–water partition coefficient (Wildman–Crippen LogP) is 1.04. The first-order valence-electron chi connectivity index (χ1n) is 10.5. The maximum Gasteiger partial charge on any atom is 0.255 e. The predicted molar refractivity (Wildman–Crippen MR) is 111 cm³/mol. The average molecular weight is 409 g/mol. The Bertz CT molecular complexity index is 1010. The van der Waals surface area contributed by atoms with E-state index in [1.54, 1.807) is 11.1 Å². The van der Waals surface area contributed by atoms with E-state index >= 15 is 0 Å². The molecule has 1 aromatic heterocycles. The van der Waals surface area contributed by atoms with Crippen LogP contribution in [0.5, 0.6) is 0 Å². The number of amides is 2. The number of para-hydroxylation sites is 1. The highest BCUT2D eigenvalue weighted by Crippen LogP contribution is 2.54. The molecule has 0 radical (unpaired) electrons. The Kier molecular flexibility index (Phi) is 4.27. The van der Waals surface area contributed by atoms with Crippen molar-refractivity contribution in [1.82, 2.24) is 19.4 Å². The standard InChI is InChI=1S/C22H27N5O3/c1-25-11-7-21(30,8-12-25)20(29)27-13-9-22(17(27)18-23-10-14-26(18)2)15-5-3-4-6-16(15)24-19(22)28/h3-6,10,14,17,30H,7-9,11-13H2,1-2H3,(H,24,28). The molecule has 8 nitrogen and oxygen atoms in total. The third-order valence-corrected chi connectivity index (χ3v) is 7.16. The summed E-state index contributed by atoms with van der Waals surface area (Å²) in [4.78, 5) is 35.4. The van der Waals surface area contributed by atoms with Crippen molar-refractivity contribution >= 4 is 17.5 Å². The lowest BCUT2D eigenvalue weighted by Crippen LogP contribution is -2.55. The van der Waals surface area contributed by atoms with Gasteiger partial charge in [-0.25, -0.2) is 4.98 Å². The zero-order valence-electron chi connectivity index (χ0n) is 17.3. The largest absolute Gasteiger partial charge is 0.380 e. The number of likely N-dealkylation sites (tertiary alicyclic amines) is 2. The first-order valence-corrected chi connectivity index (χ1v) is 10.5. The molecule has 2 saturated heterocycles. The number of benzene rings is 1. The monoisotopic (exact) mass is 409 g/mol. The number of fused-ring (bicyclic) bond motifs is 2. The Balaban J connectivity index is 1.61. The van der Waals surface area contributed by atoms with Gasteiger partial charge >= 0.3 is 0 Å². The third kappa shape index (κ3) is 2.56. The summed E-state index contributed by atoms with van der Waals surface area (Å²) in [6.45, 7) is 1.73. The van der Waals surface area contributed by atoms with Crippen molar-refractivity contribution in [3.8, 4) is 0 Å². The zero-order valence-corrected chi connectivity index (χ0v) is 17.3. The lowest BCUT2D eigenvalue weighted by molar-refractivity contribution is -0.158. The summed E-state index contributed by atoms with van der Waals surface area (Å²) in [7, 11) is 3.87. The van der Waals surface area contributed by atoms with E-state index in [2.05, 4.69) is 15.2 Å². The van der Waals surface area contributed by atoms with Gasteiger partial charge in [-0.1, -0.05) is 18.2 Å². The minimum atomic E-state index is -1.41. The summed E-state index contributed by atoms with van der Waals surface area (Å²) in [5, 5.41) is 14.3. The zero-order chi connectivity index (χ0) is 21.1. The van der Waals surface area contributed by atoms with Crippen LogP contribution in [0.25, 0.3) is 0 Å². The molecule has 0 bridgehead atoms. The molecule has 3 aliphatic heterocycles. The van der Waals surface area contributed by atoms with E-state index in [-0.39, 0.29) is 11.8 Å². The summed E-state index contributed by atoms with van der Waals surface area (Å²) in [6.07, 6.45) is 4.79. The van der Waals surface area contributed by atoms with Crippen LogP contribution >= 0.6 is 0 Å². The van der Waals surface area contributed by atoms with Gasteiger partial charge in [-0.3, -0.25) is 9.59 Å². The van der Waals surface area contributed by atoms with Gasteiger partial charge in [0.25, 0.3) is 5.91 Å². The van der Waals surface area contributed by atoms with Crippen LogP contribution in [0, 0.1) is 0 Å². The number of aromatic nitrogens is 2. The van der Waals surface area contributed by atoms with E-state index in [1.807, 2.05) is 49.1 Å². The molecule has 0 aliphatic carbocycles. The molecule has 2 amide bonds. The molecule has 1 aromatic carbocycles. The van der Waals surface area contributed by atoms with E-state index in [1.165, 1.54) is 0 Å². The Morgan fingerprint density at radius 2 is 1.90 bits per heavy atom. The maximum atomic E-state index is 13.7. The molecule has 5 rings (SSSR count). The molecular weight excluding hydrogens is 382 g/mol. The molecule has 3 aliphatic rings. The van der Waals surface area contributed by atoms with Crippen molar-refractivity contribution in [2.45, 2.75) is 36.3 Å². The van der Waals surface area contributed by atoms with Crippen molar-refractivity contribution in [1.29, 1.82) is 0 Å². The quantitative estimate of drug-likeness (QED) is 0.774. The SMILES string of the molecule is CN1CCC(O)(C(=O)N2CCC3(C(=O)Nc4ccccc43)C2c2nccn2C)CC1. The molecule has 30 heavy (non-hydrogen) atoms. The number of nitrogens with zero attached hydrogens (tertiary/aromatic N) is 4. The molecule has 1 spiro atoms. The Morgan fingerprint density at radius 3 is 2.60 bits per heavy atom. The van der Waals surface area contributed by atoms with Crippen LogP contribution in [-0.4, -0.2) is 68.6 Å². The van der Waals surface area contributed by atoms with Crippen molar-refractivity contribution in [3.63, 3.8) is 0 Å². The minimum Gasteiger partial charge on any atom is -0.380 e. The second-order valence-corrected chi connectivity index (χ2v) is 8.85. The first kappa shape index (κ1) is 19.3. The number of hydrogen-bond acceptors (Lipinski definition) is 5. The van der Waals surface area contributed by atoms with Gasteiger partial charge < -0.3 is 24.8 Å². The summed E-state index contributed by atoms with van der Waals surface area (Å²) >= 11 is 0. The molecule has 2 fully saturated rings. The summed E-state index contributed by atoms with van der Waals surface area (Å²) in [5.41, 5.74) is -0.633. The van der Waals surface area contributed by atoms with Gasteiger partial charge in [0, 0.05) is 44.8 Å². The van der Waals surface area contributed by atoms with Crippen LogP contribution in [0.4, 0.5) is 5.69 Å². The van der Waals surface area contributed by atoms with E-state index in [0.717, 1.165) is 11.3 Å². The number of anilines is 1. The summed E-state index contributed by atoms with van der Waals surface area (Å²) in [5.74, 6) is 0.254. The van der Waals surface area contributed by atoms with Gasteiger partial charge in [0.1, 0.15) is 22.9 Å². The fraction of sp³-hybridized carbons (Fsp3) is 0.500. The molecule has 2 atom stereocenters. The van der Waals surface area contributed by atoms with Crippen molar-refractivity contribution in [3.05, 3.63) is 48.0 Å². The molecular formula is C22H27N5O3. The minimum absolute atomic E-state index is 0.109. The normalized spacial score (nSPS) is 28.0. The van der Waals surface area contributed by atoms with Crippen LogP contribution in [0.15, 0.2) is 36.7 Å². The average Bonchev–Trinajstić information content (AvgIpc) is 3.41. The topological polar surface area (TPSA) is 90.7 Å². The Morgan fingerprint density at radius 1 is 1.17 bits per heavy atom. The highest BCUT2D eigenvalue weighted by atomic mass is 16.3. The number of aryl methyl sites for hydroxylation is 1. The second kappa shape index (κ2) is 6.65. The number of nitrogens with one attached hydrogen (secondary N) is 1. The van der Waals surface area contributed by atoms with Crippen LogP contribution < -0.4 is 5.32 Å². The summed E-state index contributed by atoms with van der Waals surface area (Å²) < 4.78 is 1.87. The molecule has 2 aromatic rings. The van der Waals surface area contributed by atoms with Crippen LogP contribution in [0.1, 0.15) is 36.7 Å². The molecule has 158 valence electrons. The highest BCUT2D eigenvalue weighted by molar-refractivity contribution is 6.07. The molecule has 4 heterocycles. The number of hydrogen-bond donors (Lipinski definition) is 2. The molecule has 2 N–H and O–H groups in total. The van der Waals surface area contributed by atoms with Crippen molar-refractivity contribution < 1.29 is 14.7 Å². The number of carbonyl (C=O) groups is 2. The Labute approximate surface area is 175 Å². The summed E-state index contributed by atoms with van der Waals surface area (Å²) in [6, 6.07) is 7.10. The van der Waals surface area contributed by atoms with E-state index < -0.39 is 17.1 Å².